The zero-order chi connectivity index (χ0) is 18.1. The van der Waals surface area contributed by atoms with E-state index in [1.807, 2.05) is 13.8 Å². The van der Waals surface area contributed by atoms with Crippen LogP contribution in [0.4, 0.5) is 0 Å². The van der Waals surface area contributed by atoms with Gasteiger partial charge >= 0.3 is 0 Å². The fraction of sp³-hybridized carbons (Fsp3) is 0.471. The zero-order valence-corrected chi connectivity index (χ0v) is 15.3. The third-order valence-electron chi connectivity index (χ3n) is 3.11. The van der Waals surface area contributed by atoms with E-state index >= 15 is 0 Å². The van der Waals surface area contributed by atoms with Crippen LogP contribution in [0.25, 0.3) is 0 Å². The molecule has 0 saturated heterocycles. The van der Waals surface area contributed by atoms with Gasteiger partial charge in [0, 0.05) is 23.3 Å². The Labute approximate surface area is 146 Å². The molecule has 0 radical (unpaired) electrons. The molecule has 0 aliphatic rings. The number of amides is 2. The summed E-state index contributed by atoms with van der Waals surface area (Å²) in [5.41, 5.74) is 6.24. The highest BCUT2D eigenvalue weighted by Crippen LogP contribution is 2.24. The smallest absolute Gasteiger partial charge is 0.248 e. The van der Waals surface area contributed by atoms with Crippen molar-refractivity contribution in [3.05, 3.63) is 29.3 Å². The number of benzene rings is 1. The van der Waals surface area contributed by atoms with Crippen molar-refractivity contribution in [2.75, 3.05) is 12.9 Å². The molecule has 0 atom stereocenters. The quantitative estimate of drug-likeness (QED) is 0.554. The average Bonchev–Trinajstić information content (AvgIpc) is 2.52. The molecule has 0 saturated carbocycles. The third-order valence-corrected chi connectivity index (χ3v) is 4.09. The van der Waals surface area contributed by atoms with E-state index in [2.05, 4.69) is 10.9 Å². The molecule has 0 aliphatic heterocycles. The summed E-state index contributed by atoms with van der Waals surface area (Å²) >= 11 is 1.38. The summed E-state index contributed by atoms with van der Waals surface area (Å²) in [5, 5.41) is 0. The van der Waals surface area contributed by atoms with E-state index in [0.717, 1.165) is 5.56 Å². The van der Waals surface area contributed by atoms with Gasteiger partial charge in [0.1, 0.15) is 5.75 Å². The lowest BCUT2D eigenvalue weighted by atomic mass is 10.1. The van der Waals surface area contributed by atoms with Crippen molar-refractivity contribution < 1.29 is 19.1 Å². The van der Waals surface area contributed by atoms with Crippen molar-refractivity contribution in [3.8, 4) is 5.75 Å². The van der Waals surface area contributed by atoms with Crippen LogP contribution in [0.1, 0.15) is 43.1 Å². The fourth-order valence-electron chi connectivity index (χ4n) is 1.96. The normalized spacial score (nSPS) is 10.4. The maximum atomic E-state index is 11.7. The molecule has 0 fully saturated rings. The number of ether oxygens (including phenoxy) is 1. The SMILES string of the molecule is COc1ccc(C(C)=O)cc1CSCC(=O)NNC(=O)CC(C)C. The lowest BCUT2D eigenvalue weighted by Crippen LogP contribution is -2.42. The van der Waals surface area contributed by atoms with Gasteiger partial charge in [-0.05, 0) is 31.0 Å². The van der Waals surface area contributed by atoms with E-state index in [4.69, 9.17) is 4.74 Å². The van der Waals surface area contributed by atoms with Gasteiger partial charge < -0.3 is 4.74 Å². The minimum absolute atomic E-state index is 0.0190. The first-order valence-electron chi connectivity index (χ1n) is 7.66. The van der Waals surface area contributed by atoms with Gasteiger partial charge in [0.2, 0.25) is 11.8 Å². The Hall–Kier alpha value is -2.02. The molecule has 0 aliphatic carbocycles. The number of rotatable bonds is 8. The van der Waals surface area contributed by atoms with Crippen molar-refractivity contribution in [3.63, 3.8) is 0 Å². The van der Waals surface area contributed by atoms with E-state index in [1.165, 1.54) is 18.7 Å². The maximum Gasteiger partial charge on any atom is 0.248 e. The number of carbonyl (C=O) groups is 3. The van der Waals surface area contributed by atoms with Crippen LogP contribution in [0.5, 0.6) is 5.75 Å². The lowest BCUT2D eigenvalue weighted by molar-refractivity contribution is -0.128. The van der Waals surface area contributed by atoms with Gasteiger partial charge in [-0.25, -0.2) is 0 Å². The lowest BCUT2D eigenvalue weighted by Gasteiger charge is -2.11. The van der Waals surface area contributed by atoms with Crippen LogP contribution in [-0.2, 0) is 15.3 Å². The molecule has 0 heterocycles. The van der Waals surface area contributed by atoms with Crippen LogP contribution in [0.3, 0.4) is 0 Å². The molecule has 0 bridgehead atoms. The number of hydrazine groups is 1. The predicted octanol–water partition coefficient (Wildman–Crippen LogP) is 2.32. The first-order valence-corrected chi connectivity index (χ1v) is 8.82. The number of Topliss-reactive ketones (excluding diaryl/α,β-unsaturated/α-hetero) is 1. The second-order valence-electron chi connectivity index (χ2n) is 5.77. The molecule has 2 amide bonds. The topological polar surface area (TPSA) is 84.5 Å². The molecule has 0 spiro atoms. The molecular weight excluding hydrogens is 328 g/mol. The Morgan fingerprint density at radius 1 is 1.17 bits per heavy atom. The van der Waals surface area contributed by atoms with Crippen molar-refractivity contribution in [1.29, 1.82) is 0 Å². The summed E-state index contributed by atoms with van der Waals surface area (Å²) in [4.78, 5) is 34.6. The minimum atomic E-state index is -0.279. The van der Waals surface area contributed by atoms with Crippen molar-refractivity contribution >= 4 is 29.4 Å². The Balaban J connectivity index is 2.46. The molecule has 1 aromatic carbocycles. The zero-order valence-electron chi connectivity index (χ0n) is 14.5. The molecule has 6 nitrogen and oxygen atoms in total. The van der Waals surface area contributed by atoms with Crippen LogP contribution in [-0.4, -0.2) is 30.5 Å². The number of thioether (sulfide) groups is 1. The molecule has 1 aromatic rings. The van der Waals surface area contributed by atoms with Gasteiger partial charge in [-0.15, -0.1) is 11.8 Å². The Kier molecular flexibility index (Phi) is 8.32. The van der Waals surface area contributed by atoms with Crippen molar-refractivity contribution in [2.24, 2.45) is 5.92 Å². The predicted molar refractivity (Wildman–Crippen MR) is 94.9 cm³/mol. The van der Waals surface area contributed by atoms with E-state index < -0.39 is 0 Å². The number of methoxy groups -OCH3 is 1. The molecular formula is C17H24N2O4S. The molecule has 0 aromatic heterocycles. The number of hydrogen-bond donors (Lipinski definition) is 2. The number of ketones is 1. The van der Waals surface area contributed by atoms with Crippen LogP contribution in [0.2, 0.25) is 0 Å². The first kappa shape index (κ1) is 20.0. The monoisotopic (exact) mass is 352 g/mol. The van der Waals surface area contributed by atoms with E-state index in [0.29, 0.717) is 23.5 Å². The average molecular weight is 352 g/mol. The van der Waals surface area contributed by atoms with Gasteiger partial charge in [0.15, 0.2) is 5.78 Å². The molecule has 24 heavy (non-hydrogen) atoms. The van der Waals surface area contributed by atoms with Crippen LogP contribution >= 0.6 is 11.8 Å². The Morgan fingerprint density at radius 2 is 1.83 bits per heavy atom. The summed E-state index contributed by atoms with van der Waals surface area (Å²) < 4.78 is 5.27. The van der Waals surface area contributed by atoms with E-state index in [9.17, 15) is 14.4 Å². The maximum absolute atomic E-state index is 11.7. The third kappa shape index (κ3) is 7.04. The highest BCUT2D eigenvalue weighted by atomic mass is 32.2. The van der Waals surface area contributed by atoms with E-state index in [-0.39, 0.29) is 29.3 Å². The first-order chi connectivity index (χ1) is 11.3. The largest absolute Gasteiger partial charge is 0.496 e. The fourth-order valence-corrected chi connectivity index (χ4v) is 2.77. The van der Waals surface area contributed by atoms with Gasteiger partial charge in [0.05, 0.1) is 12.9 Å². The Morgan fingerprint density at radius 3 is 2.42 bits per heavy atom. The standard InChI is InChI=1S/C17H24N2O4S/c1-11(2)7-16(21)18-19-17(22)10-24-9-14-8-13(12(3)20)5-6-15(14)23-4/h5-6,8,11H,7,9-10H2,1-4H3,(H,18,21)(H,19,22). The summed E-state index contributed by atoms with van der Waals surface area (Å²) in [6, 6.07) is 5.24. The minimum Gasteiger partial charge on any atom is -0.496 e. The summed E-state index contributed by atoms with van der Waals surface area (Å²) in [6.07, 6.45) is 0.364. The van der Waals surface area contributed by atoms with E-state index in [1.54, 1.807) is 25.3 Å². The van der Waals surface area contributed by atoms with Gasteiger partial charge in [-0.2, -0.15) is 0 Å². The molecule has 132 valence electrons. The number of carbonyl (C=O) groups excluding carboxylic acids is 3. The molecule has 2 N–H and O–H groups in total. The molecule has 1 rings (SSSR count). The summed E-state index contributed by atoms with van der Waals surface area (Å²) in [6.45, 7) is 5.37. The molecule has 0 unspecified atom stereocenters. The van der Waals surface area contributed by atoms with Gasteiger partial charge in [-0.1, -0.05) is 13.8 Å². The van der Waals surface area contributed by atoms with Crippen LogP contribution < -0.4 is 15.6 Å². The van der Waals surface area contributed by atoms with Crippen molar-refractivity contribution in [2.45, 2.75) is 32.9 Å². The highest BCUT2D eigenvalue weighted by Gasteiger charge is 2.10. The Bertz CT molecular complexity index is 602. The van der Waals surface area contributed by atoms with Crippen molar-refractivity contribution in [1.82, 2.24) is 10.9 Å². The summed E-state index contributed by atoms with van der Waals surface area (Å²) in [5.74, 6) is 1.12. The number of hydrogen-bond acceptors (Lipinski definition) is 5. The second kappa shape index (κ2) is 9.97. The van der Waals surface area contributed by atoms with Gasteiger partial charge in [0.25, 0.3) is 0 Å². The van der Waals surface area contributed by atoms with Crippen LogP contribution in [0.15, 0.2) is 18.2 Å². The molecule has 7 heteroatoms. The second-order valence-corrected chi connectivity index (χ2v) is 6.76. The van der Waals surface area contributed by atoms with Gasteiger partial charge in [-0.3, -0.25) is 25.2 Å². The number of nitrogens with one attached hydrogen (secondary N) is 2. The van der Waals surface area contributed by atoms with Crippen LogP contribution in [0, 0.1) is 5.92 Å². The highest BCUT2D eigenvalue weighted by molar-refractivity contribution is 7.99. The summed E-state index contributed by atoms with van der Waals surface area (Å²) in [7, 11) is 1.56.